The lowest BCUT2D eigenvalue weighted by Crippen LogP contribution is -2.31. The van der Waals surface area contributed by atoms with Gasteiger partial charge in [-0.3, -0.25) is 9.69 Å². The minimum Gasteiger partial charge on any atom is -0.508 e. The van der Waals surface area contributed by atoms with E-state index >= 15 is 0 Å². The monoisotopic (exact) mass is 421 g/mol. The number of anilines is 1. The number of hydrogen-bond acceptors (Lipinski definition) is 4. The molecule has 1 heterocycles. The van der Waals surface area contributed by atoms with Crippen LogP contribution in [0.1, 0.15) is 76.3 Å². The molecule has 2 aliphatic carbocycles. The van der Waals surface area contributed by atoms with Gasteiger partial charge in [-0.2, -0.15) is 0 Å². The first-order valence-electron chi connectivity index (χ1n) is 12.0. The Hall–Kier alpha value is -2.43. The molecule has 1 aromatic carbocycles. The van der Waals surface area contributed by atoms with E-state index in [0.717, 1.165) is 23.4 Å². The highest BCUT2D eigenvalue weighted by atomic mass is 16.3. The summed E-state index contributed by atoms with van der Waals surface area (Å²) < 4.78 is 0. The van der Waals surface area contributed by atoms with E-state index in [2.05, 4.69) is 0 Å². The van der Waals surface area contributed by atoms with Gasteiger partial charge in [0.2, 0.25) is 5.91 Å². The summed E-state index contributed by atoms with van der Waals surface area (Å²) in [6.45, 7) is 0. The van der Waals surface area contributed by atoms with E-state index in [1.165, 1.54) is 64.2 Å². The summed E-state index contributed by atoms with van der Waals surface area (Å²) >= 11 is 0. The third kappa shape index (κ3) is 5.63. The Labute approximate surface area is 185 Å². The maximum Gasteiger partial charge on any atom is 0.228 e. The SMILES string of the molecule is CN(C(=O)CC1CCCCC1)c1ncc(-c2ccc(O)cc2)nc1CC1CCCCC1. The Kier molecular flexibility index (Phi) is 7.21. The predicted octanol–water partition coefficient (Wildman–Crippen LogP) is 5.91. The van der Waals surface area contributed by atoms with Crippen molar-refractivity contribution in [3.8, 4) is 17.0 Å². The van der Waals surface area contributed by atoms with Crippen LogP contribution in [0.2, 0.25) is 0 Å². The first-order chi connectivity index (χ1) is 15.1. The molecule has 2 fully saturated rings. The highest BCUT2D eigenvalue weighted by molar-refractivity contribution is 5.92. The van der Waals surface area contributed by atoms with Gasteiger partial charge in [0, 0.05) is 19.0 Å². The van der Waals surface area contributed by atoms with Crippen LogP contribution in [-0.2, 0) is 11.2 Å². The van der Waals surface area contributed by atoms with Crippen LogP contribution in [0.5, 0.6) is 5.75 Å². The summed E-state index contributed by atoms with van der Waals surface area (Å²) in [6, 6.07) is 7.07. The summed E-state index contributed by atoms with van der Waals surface area (Å²) in [5, 5.41) is 9.61. The lowest BCUT2D eigenvalue weighted by Gasteiger charge is -2.26. The highest BCUT2D eigenvalue weighted by Gasteiger charge is 2.25. The number of carbonyl (C=O) groups is 1. The first-order valence-corrected chi connectivity index (χ1v) is 12.0. The zero-order valence-electron chi connectivity index (χ0n) is 18.7. The largest absolute Gasteiger partial charge is 0.508 e. The normalized spacial score (nSPS) is 18.1. The second-order valence-corrected chi connectivity index (χ2v) is 9.44. The van der Waals surface area contributed by atoms with Gasteiger partial charge in [0.25, 0.3) is 0 Å². The Morgan fingerprint density at radius 2 is 1.58 bits per heavy atom. The lowest BCUT2D eigenvalue weighted by atomic mass is 9.85. The number of benzene rings is 1. The van der Waals surface area contributed by atoms with E-state index in [-0.39, 0.29) is 11.7 Å². The topological polar surface area (TPSA) is 66.3 Å². The van der Waals surface area contributed by atoms with Crippen LogP contribution < -0.4 is 4.90 Å². The molecular weight excluding hydrogens is 386 g/mol. The minimum atomic E-state index is 0.156. The van der Waals surface area contributed by atoms with Crippen molar-refractivity contribution in [3.05, 3.63) is 36.2 Å². The number of nitrogens with zero attached hydrogens (tertiary/aromatic N) is 3. The summed E-state index contributed by atoms with van der Waals surface area (Å²) in [5.74, 6) is 2.23. The molecule has 0 spiro atoms. The lowest BCUT2D eigenvalue weighted by molar-refractivity contribution is -0.119. The first kappa shape index (κ1) is 21.8. The molecule has 0 bridgehead atoms. The summed E-state index contributed by atoms with van der Waals surface area (Å²) in [4.78, 5) is 24.5. The number of aromatic hydroxyl groups is 1. The molecule has 1 N–H and O–H groups in total. The zero-order chi connectivity index (χ0) is 21.6. The molecule has 0 unspecified atom stereocenters. The molecule has 0 aliphatic heterocycles. The number of aromatic nitrogens is 2. The Bertz CT molecular complexity index is 869. The molecule has 0 saturated heterocycles. The summed E-state index contributed by atoms with van der Waals surface area (Å²) in [6.07, 6.45) is 15.7. The molecular formula is C26H35N3O2. The fourth-order valence-electron chi connectivity index (χ4n) is 5.17. The number of carbonyl (C=O) groups excluding carboxylic acids is 1. The van der Waals surface area contributed by atoms with Crippen LogP contribution in [-0.4, -0.2) is 28.0 Å². The van der Waals surface area contributed by atoms with Gasteiger partial charge in [0.15, 0.2) is 5.82 Å². The van der Waals surface area contributed by atoms with Gasteiger partial charge in [-0.15, -0.1) is 0 Å². The van der Waals surface area contributed by atoms with Gasteiger partial charge in [0.1, 0.15) is 5.75 Å². The fraction of sp³-hybridized carbons (Fsp3) is 0.577. The maximum atomic E-state index is 13.1. The van der Waals surface area contributed by atoms with E-state index in [0.29, 0.717) is 24.1 Å². The van der Waals surface area contributed by atoms with Crippen LogP contribution in [0.3, 0.4) is 0 Å². The molecule has 166 valence electrons. The number of hydrogen-bond donors (Lipinski definition) is 1. The van der Waals surface area contributed by atoms with Gasteiger partial charge in [-0.1, -0.05) is 51.4 Å². The van der Waals surface area contributed by atoms with Crippen molar-refractivity contribution in [3.63, 3.8) is 0 Å². The molecule has 1 aromatic heterocycles. The van der Waals surface area contributed by atoms with Gasteiger partial charge in [-0.05, 0) is 55.4 Å². The average molecular weight is 422 g/mol. The van der Waals surface area contributed by atoms with Crippen molar-refractivity contribution in [1.82, 2.24) is 9.97 Å². The van der Waals surface area contributed by atoms with E-state index < -0.39 is 0 Å². The van der Waals surface area contributed by atoms with E-state index in [1.54, 1.807) is 23.2 Å². The molecule has 5 nitrogen and oxygen atoms in total. The second kappa shape index (κ2) is 10.3. The van der Waals surface area contributed by atoms with Crippen molar-refractivity contribution in [2.45, 2.75) is 77.0 Å². The smallest absolute Gasteiger partial charge is 0.228 e. The van der Waals surface area contributed by atoms with E-state index in [4.69, 9.17) is 9.97 Å². The third-order valence-electron chi connectivity index (χ3n) is 7.07. The van der Waals surface area contributed by atoms with E-state index in [1.807, 2.05) is 19.2 Å². The van der Waals surface area contributed by atoms with Crippen molar-refractivity contribution < 1.29 is 9.90 Å². The number of rotatable bonds is 6. The highest BCUT2D eigenvalue weighted by Crippen LogP contribution is 2.32. The Balaban J connectivity index is 1.58. The van der Waals surface area contributed by atoms with Gasteiger partial charge in [-0.25, -0.2) is 9.97 Å². The standard InChI is InChI=1S/C26H35N3O2/c1-29(25(31)17-20-10-6-3-7-11-20)26-23(16-19-8-4-2-5-9-19)28-24(18-27-26)21-12-14-22(30)15-13-21/h12-15,18-20,30H,2-11,16-17H2,1H3. The zero-order valence-corrected chi connectivity index (χ0v) is 18.7. The number of phenols is 1. The van der Waals surface area contributed by atoms with E-state index in [9.17, 15) is 9.90 Å². The summed E-state index contributed by atoms with van der Waals surface area (Å²) in [7, 11) is 1.86. The summed E-state index contributed by atoms with van der Waals surface area (Å²) in [5.41, 5.74) is 2.65. The van der Waals surface area contributed by atoms with Crippen LogP contribution in [0, 0.1) is 11.8 Å². The molecule has 1 amide bonds. The quantitative estimate of drug-likeness (QED) is 0.630. The van der Waals surface area contributed by atoms with Gasteiger partial charge in [0.05, 0.1) is 17.6 Å². The predicted molar refractivity (Wildman–Crippen MR) is 124 cm³/mol. The van der Waals surface area contributed by atoms with Crippen LogP contribution >= 0.6 is 0 Å². The molecule has 5 heteroatoms. The van der Waals surface area contributed by atoms with Crippen molar-refractivity contribution in [2.75, 3.05) is 11.9 Å². The van der Waals surface area contributed by atoms with Crippen molar-refractivity contribution in [2.24, 2.45) is 11.8 Å². The fourth-order valence-corrected chi connectivity index (χ4v) is 5.17. The molecule has 2 aliphatic rings. The molecule has 4 rings (SSSR count). The minimum absolute atomic E-state index is 0.156. The third-order valence-corrected chi connectivity index (χ3v) is 7.07. The molecule has 0 radical (unpaired) electrons. The molecule has 31 heavy (non-hydrogen) atoms. The average Bonchev–Trinajstić information content (AvgIpc) is 2.80. The van der Waals surface area contributed by atoms with Gasteiger partial charge >= 0.3 is 0 Å². The maximum absolute atomic E-state index is 13.1. The molecule has 2 aromatic rings. The number of phenolic OH excluding ortho intramolecular Hbond substituents is 1. The van der Waals surface area contributed by atoms with Gasteiger partial charge < -0.3 is 5.11 Å². The van der Waals surface area contributed by atoms with Crippen LogP contribution in [0.25, 0.3) is 11.3 Å². The second-order valence-electron chi connectivity index (χ2n) is 9.44. The Morgan fingerprint density at radius 3 is 2.23 bits per heavy atom. The van der Waals surface area contributed by atoms with Crippen LogP contribution in [0.15, 0.2) is 30.5 Å². The molecule has 2 saturated carbocycles. The Morgan fingerprint density at radius 1 is 0.968 bits per heavy atom. The number of amides is 1. The van der Waals surface area contributed by atoms with Crippen molar-refractivity contribution in [1.29, 1.82) is 0 Å². The van der Waals surface area contributed by atoms with Crippen molar-refractivity contribution >= 4 is 11.7 Å². The molecule has 0 atom stereocenters. The van der Waals surface area contributed by atoms with Crippen LogP contribution in [0.4, 0.5) is 5.82 Å².